The SMILES string of the molecule is COCCOCCCCNC(=O)c1cccnc1Cl. The summed E-state index contributed by atoms with van der Waals surface area (Å²) < 4.78 is 10.2. The lowest BCUT2D eigenvalue weighted by atomic mass is 10.2. The molecule has 0 aliphatic heterocycles. The Balaban J connectivity index is 2.10. The number of pyridine rings is 1. The summed E-state index contributed by atoms with van der Waals surface area (Å²) in [6, 6.07) is 3.34. The fourth-order valence-corrected chi connectivity index (χ4v) is 1.63. The molecule has 0 saturated carbocycles. The molecule has 1 heterocycles. The Morgan fingerprint density at radius 3 is 2.95 bits per heavy atom. The number of amides is 1. The maximum atomic E-state index is 11.8. The van der Waals surface area contributed by atoms with E-state index in [1.54, 1.807) is 25.4 Å². The summed E-state index contributed by atoms with van der Waals surface area (Å²) >= 11 is 5.83. The van der Waals surface area contributed by atoms with Crippen molar-refractivity contribution in [2.75, 3.05) is 33.5 Å². The van der Waals surface area contributed by atoms with Crippen LogP contribution < -0.4 is 5.32 Å². The standard InChI is InChI=1S/C13H19ClN2O3/c1-18-9-10-19-8-3-2-6-16-13(17)11-5-4-7-15-12(11)14/h4-5,7H,2-3,6,8-10H2,1H3,(H,16,17). The highest BCUT2D eigenvalue weighted by Gasteiger charge is 2.09. The summed E-state index contributed by atoms with van der Waals surface area (Å²) in [5, 5.41) is 3.02. The van der Waals surface area contributed by atoms with Gasteiger partial charge in [-0.05, 0) is 25.0 Å². The number of halogens is 1. The van der Waals surface area contributed by atoms with Gasteiger partial charge < -0.3 is 14.8 Å². The minimum Gasteiger partial charge on any atom is -0.382 e. The van der Waals surface area contributed by atoms with Gasteiger partial charge in [-0.3, -0.25) is 4.79 Å². The highest BCUT2D eigenvalue weighted by atomic mass is 35.5. The lowest BCUT2D eigenvalue weighted by Gasteiger charge is -2.06. The van der Waals surface area contributed by atoms with Crippen molar-refractivity contribution < 1.29 is 14.3 Å². The molecule has 5 nitrogen and oxygen atoms in total. The maximum absolute atomic E-state index is 11.8. The number of aromatic nitrogens is 1. The van der Waals surface area contributed by atoms with E-state index in [0.717, 1.165) is 12.8 Å². The van der Waals surface area contributed by atoms with Gasteiger partial charge in [0.15, 0.2) is 0 Å². The van der Waals surface area contributed by atoms with Gasteiger partial charge in [-0.2, -0.15) is 0 Å². The summed E-state index contributed by atoms with van der Waals surface area (Å²) in [6.07, 6.45) is 3.30. The van der Waals surface area contributed by atoms with Crippen molar-refractivity contribution in [1.82, 2.24) is 10.3 Å². The van der Waals surface area contributed by atoms with E-state index in [0.29, 0.717) is 31.9 Å². The monoisotopic (exact) mass is 286 g/mol. The predicted octanol–water partition coefficient (Wildman–Crippen LogP) is 1.91. The van der Waals surface area contributed by atoms with Crippen LogP contribution in [0.2, 0.25) is 5.15 Å². The number of hydrogen-bond acceptors (Lipinski definition) is 4. The second kappa shape index (κ2) is 9.72. The number of nitrogens with one attached hydrogen (secondary N) is 1. The quantitative estimate of drug-likeness (QED) is 0.556. The van der Waals surface area contributed by atoms with E-state index in [1.807, 2.05) is 0 Å². The van der Waals surface area contributed by atoms with Crippen LogP contribution in [0.4, 0.5) is 0 Å². The van der Waals surface area contributed by atoms with E-state index in [-0.39, 0.29) is 11.1 Å². The molecule has 19 heavy (non-hydrogen) atoms. The molecular formula is C13H19ClN2O3. The molecule has 0 unspecified atom stereocenters. The number of methoxy groups -OCH3 is 1. The number of rotatable bonds is 9. The van der Waals surface area contributed by atoms with Crippen molar-refractivity contribution in [3.63, 3.8) is 0 Å². The molecule has 0 aliphatic carbocycles. The Kier molecular flexibility index (Phi) is 8.13. The molecule has 1 rings (SSSR count). The van der Waals surface area contributed by atoms with Crippen LogP contribution in [0.3, 0.4) is 0 Å². The molecule has 0 aromatic carbocycles. The number of carbonyl (C=O) groups is 1. The first-order valence-electron chi connectivity index (χ1n) is 6.21. The molecule has 1 amide bonds. The molecule has 0 saturated heterocycles. The van der Waals surface area contributed by atoms with E-state index in [1.165, 1.54) is 0 Å². The summed E-state index contributed by atoms with van der Waals surface area (Å²) in [5.41, 5.74) is 0.403. The predicted molar refractivity (Wildman–Crippen MR) is 73.5 cm³/mol. The Bertz CT molecular complexity index is 388. The van der Waals surface area contributed by atoms with Gasteiger partial charge in [-0.25, -0.2) is 4.98 Å². The molecule has 0 aliphatic rings. The van der Waals surface area contributed by atoms with Crippen molar-refractivity contribution in [1.29, 1.82) is 0 Å². The van der Waals surface area contributed by atoms with Crippen LogP contribution >= 0.6 is 11.6 Å². The zero-order valence-electron chi connectivity index (χ0n) is 11.0. The fourth-order valence-electron chi connectivity index (χ4n) is 1.43. The van der Waals surface area contributed by atoms with Crippen molar-refractivity contribution in [2.24, 2.45) is 0 Å². The molecule has 0 atom stereocenters. The topological polar surface area (TPSA) is 60.5 Å². The Labute approximate surface area is 118 Å². The molecule has 1 aromatic heterocycles. The van der Waals surface area contributed by atoms with Crippen LogP contribution in [-0.4, -0.2) is 44.4 Å². The van der Waals surface area contributed by atoms with Crippen LogP contribution in [0.25, 0.3) is 0 Å². The first kappa shape index (κ1) is 15.9. The van der Waals surface area contributed by atoms with E-state index in [4.69, 9.17) is 21.1 Å². The zero-order chi connectivity index (χ0) is 13.9. The summed E-state index contributed by atoms with van der Waals surface area (Å²) in [4.78, 5) is 15.6. The lowest BCUT2D eigenvalue weighted by Crippen LogP contribution is -2.25. The minimum atomic E-state index is -0.196. The van der Waals surface area contributed by atoms with Gasteiger partial charge in [0.25, 0.3) is 5.91 Å². The molecule has 1 aromatic rings. The van der Waals surface area contributed by atoms with Crippen molar-refractivity contribution >= 4 is 17.5 Å². The maximum Gasteiger partial charge on any atom is 0.254 e. The van der Waals surface area contributed by atoms with Gasteiger partial charge in [0.1, 0.15) is 5.15 Å². The third-order valence-corrected chi connectivity index (χ3v) is 2.74. The Morgan fingerprint density at radius 2 is 2.21 bits per heavy atom. The molecule has 0 bridgehead atoms. The van der Waals surface area contributed by atoms with E-state index in [2.05, 4.69) is 10.3 Å². The Hall–Kier alpha value is -1.17. The van der Waals surface area contributed by atoms with Gasteiger partial charge >= 0.3 is 0 Å². The van der Waals surface area contributed by atoms with Crippen LogP contribution in [-0.2, 0) is 9.47 Å². The summed E-state index contributed by atoms with van der Waals surface area (Å²) in [5.74, 6) is -0.196. The second-order valence-corrected chi connectivity index (χ2v) is 4.27. The molecule has 106 valence electrons. The molecule has 6 heteroatoms. The molecule has 0 fully saturated rings. The highest BCUT2D eigenvalue weighted by molar-refractivity contribution is 6.32. The van der Waals surface area contributed by atoms with Crippen LogP contribution in [0.5, 0.6) is 0 Å². The number of hydrogen-bond donors (Lipinski definition) is 1. The van der Waals surface area contributed by atoms with Gasteiger partial charge in [0.2, 0.25) is 0 Å². The van der Waals surface area contributed by atoms with E-state index < -0.39 is 0 Å². The van der Waals surface area contributed by atoms with Crippen molar-refractivity contribution in [3.05, 3.63) is 29.0 Å². The summed E-state index contributed by atoms with van der Waals surface area (Å²) in [6.45, 7) is 2.48. The zero-order valence-corrected chi connectivity index (χ0v) is 11.8. The largest absolute Gasteiger partial charge is 0.382 e. The average Bonchev–Trinajstić information content (AvgIpc) is 2.42. The normalized spacial score (nSPS) is 10.4. The average molecular weight is 287 g/mol. The van der Waals surface area contributed by atoms with Crippen LogP contribution in [0.1, 0.15) is 23.2 Å². The third kappa shape index (κ3) is 6.52. The highest BCUT2D eigenvalue weighted by Crippen LogP contribution is 2.10. The van der Waals surface area contributed by atoms with Crippen molar-refractivity contribution in [3.8, 4) is 0 Å². The molecule has 0 spiro atoms. The number of ether oxygens (including phenoxy) is 2. The van der Waals surface area contributed by atoms with E-state index in [9.17, 15) is 4.79 Å². The number of carbonyl (C=O) groups excluding carboxylic acids is 1. The fraction of sp³-hybridized carbons (Fsp3) is 0.538. The van der Waals surface area contributed by atoms with E-state index >= 15 is 0 Å². The van der Waals surface area contributed by atoms with Gasteiger partial charge in [-0.1, -0.05) is 11.6 Å². The van der Waals surface area contributed by atoms with Gasteiger partial charge in [0, 0.05) is 26.5 Å². The Morgan fingerprint density at radius 1 is 1.37 bits per heavy atom. The molecule has 0 radical (unpaired) electrons. The lowest BCUT2D eigenvalue weighted by molar-refractivity contribution is 0.0686. The second-order valence-electron chi connectivity index (χ2n) is 3.91. The first-order chi connectivity index (χ1) is 9.25. The van der Waals surface area contributed by atoms with Gasteiger partial charge in [0.05, 0.1) is 18.8 Å². The van der Waals surface area contributed by atoms with Crippen LogP contribution in [0, 0.1) is 0 Å². The van der Waals surface area contributed by atoms with Crippen LogP contribution in [0.15, 0.2) is 18.3 Å². The van der Waals surface area contributed by atoms with Crippen molar-refractivity contribution in [2.45, 2.75) is 12.8 Å². The molecular weight excluding hydrogens is 268 g/mol. The first-order valence-corrected chi connectivity index (χ1v) is 6.59. The third-order valence-electron chi connectivity index (χ3n) is 2.44. The molecule has 1 N–H and O–H groups in total. The number of nitrogens with zero attached hydrogens (tertiary/aromatic N) is 1. The smallest absolute Gasteiger partial charge is 0.254 e. The van der Waals surface area contributed by atoms with Gasteiger partial charge in [-0.15, -0.1) is 0 Å². The summed E-state index contributed by atoms with van der Waals surface area (Å²) in [7, 11) is 1.64. The number of unbranched alkanes of at least 4 members (excludes halogenated alkanes) is 1. The minimum absolute atomic E-state index is 0.196.